The predicted octanol–water partition coefficient (Wildman–Crippen LogP) is 0.874. The molecule has 0 N–H and O–H groups in total. The van der Waals surface area contributed by atoms with Crippen molar-refractivity contribution < 1.29 is 4.58 Å². The molecule has 68 valence electrons. The molecule has 0 aromatic heterocycles. The standard InChI is InChI=1S/C9H18N3/c1-4-10-8-12-7-6-9(12)11(3)5-2/h9H,4-7H2,1-3H3/q+1. The minimum absolute atomic E-state index is 0.547. The van der Waals surface area contributed by atoms with E-state index in [-0.39, 0.29) is 0 Å². The SMILES string of the molecule is CCN=C=[N+]1CCC1N(C)CC. The molecule has 0 aromatic carbocycles. The summed E-state index contributed by atoms with van der Waals surface area (Å²) in [7, 11) is 2.14. The van der Waals surface area contributed by atoms with E-state index in [0.717, 1.165) is 19.6 Å². The topological polar surface area (TPSA) is 18.6 Å². The van der Waals surface area contributed by atoms with Crippen molar-refractivity contribution in [1.82, 2.24) is 4.90 Å². The average molecular weight is 168 g/mol. The summed E-state index contributed by atoms with van der Waals surface area (Å²) in [6, 6.07) is 3.05. The predicted molar refractivity (Wildman–Crippen MR) is 49.8 cm³/mol. The van der Waals surface area contributed by atoms with E-state index in [0.29, 0.717) is 6.17 Å². The second-order valence-electron chi connectivity index (χ2n) is 3.11. The highest BCUT2D eigenvalue weighted by Crippen LogP contribution is 2.12. The molecule has 1 heterocycles. The third kappa shape index (κ3) is 1.93. The zero-order valence-electron chi connectivity index (χ0n) is 8.25. The molecule has 0 amide bonds. The highest BCUT2D eigenvalue weighted by Gasteiger charge is 2.30. The van der Waals surface area contributed by atoms with Gasteiger partial charge in [-0.3, -0.25) is 4.90 Å². The Balaban J connectivity index is 2.54. The number of rotatable bonds is 3. The van der Waals surface area contributed by atoms with Crippen LogP contribution in [0.5, 0.6) is 0 Å². The van der Waals surface area contributed by atoms with Gasteiger partial charge in [-0.05, 0) is 25.5 Å². The first kappa shape index (κ1) is 9.43. The molecule has 0 aromatic rings. The van der Waals surface area contributed by atoms with Gasteiger partial charge in [0, 0.05) is 6.42 Å². The van der Waals surface area contributed by atoms with Crippen LogP contribution in [0.3, 0.4) is 0 Å². The summed E-state index contributed by atoms with van der Waals surface area (Å²) in [6.45, 7) is 7.24. The quantitative estimate of drug-likeness (QED) is 0.452. The van der Waals surface area contributed by atoms with Crippen molar-refractivity contribution >= 4 is 6.01 Å². The Morgan fingerprint density at radius 3 is 2.75 bits per heavy atom. The monoisotopic (exact) mass is 168 g/mol. The minimum atomic E-state index is 0.547. The molecule has 12 heavy (non-hydrogen) atoms. The zero-order valence-corrected chi connectivity index (χ0v) is 8.25. The number of aliphatic imine (C=N–C) groups is 1. The van der Waals surface area contributed by atoms with Gasteiger partial charge in [0.1, 0.15) is 13.1 Å². The molecule has 0 aliphatic carbocycles. The highest BCUT2D eigenvalue weighted by atomic mass is 15.3. The van der Waals surface area contributed by atoms with E-state index in [2.05, 4.69) is 34.4 Å². The summed E-state index contributed by atoms with van der Waals surface area (Å²) in [4.78, 5) is 6.43. The molecule has 3 heteroatoms. The Morgan fingerprint density at radius 1 is 1.58 bits per heavy atom. The fourth-order valence-electron chi connectivity index (χ4n) is 1.32. The van der Waals surface area contributed by atoms with Gasteiger partial charge in [0.05, 0.1) is 0 Å². The van der Waals surface area contributed by atoms with Gasteiger partial charge >= 0.3 is 6.01 Å². The molecular weight excluding hydrogens is 150 g/mol. The van der Waals surface area contributed by atoms with E-state index in [1.165, 1.54) is 6.42 Å². The molecule has 1 saturated heterocycles. The van der Waals surface area contributed by atoms with Crippen molar-refractivity contribution in [2.24, 2.45) is 4.99 Å². The van der Waals surface area contributed by atoms with Crippen molar-refractivity contribution in [3.8, 4) is 0 Å². The maximum Gasteiger partial charge on any atom is 0.307 e. The van der Waals surface area contributed by atoms with Crippen LogP contribution in [0.15, 0.2) is 4.99 Å². The Kier molecular flexibility index (Phi) is 3.45. The van der Waals surface area contributed by atoms with Gasteiger partial charge in [0.25, 0.3) is 0 Å². The van der Waals surface area contributed by atoms with Crippen molar-refractivity contribution in [2.75, 3.05) is 26.7 Å². The number of hydrogen-bond donors (Lipinski definition) is 0. The lowest BCUT2D eigenvalue weighted by molar-refractivity contribution is -0.644. The minimum Gasteiger partial charge on any atom is -0.268 e. The van der Waals surface area contributed by atoms with Crippen LogP contribution in [-0.2, 0) is 0 Å². The molecule has 1 aliphatic heterocycles. The summed E-state index contributed by atoms with van der Waals surface area (Å²) >= 11 is 0. The first-order valence-electron chi connectivity index (χ1n) is 4.68. The number of nitrogens with zero attached hydrogens (tertiary/aromatic N) is 3. The van der Waals surface area contributed by atoms with Crippen molar-refractivity contribution in [2.45, 2.75) is 26.4 Å². The van der Waals surface area contributed by atoms with Crippen LogP contribution in [0.1, 0.15) is 20.3 Å². The molecule has 1 unspecified atom stereocenters. The van der Waals surface area contributed by atoms with Gasteiger partial charge < -0.3 is 0 Å². The smallest absolute Gasteiger partial charge is 0.268 e. The lowest BCUT2D eigenvalue weighted by Crippen LogP contribution is -2.50. The van der Waals surface area contributed by atoms with Crippen LogP contribution < -0.4 is 0 Å². The molecule has 0 bridgehead atoms. The maximum absolute atomic E-state index is 4.11. The number of hydrogen-bond acceptors (Lipinski definition) is 2. The van der Waals surface area contributed by atoms with Gasteiger partial charge in [-0.2, -0.15) is 0 Å². The van der Waals surface area contributed by atoms with Crippen molar-refractivity contribution in [1.29, 1.82) is 0 Å². The van der Waals surface area contributed by atoms with Crippen LogP contribution in [-0.4, -0.2) is 48.3 Å². The van der Waals surface area contributed by atoms with Gasteiger partial charge in [-0.1, -0.05) is 6.92 Å². The van der Waals surface area contributed by atoms with E-state index in [4.69, 9.17) is 0 Å². The second-order valence-corrected chi connectivity index (χ2v) is 3.11. The van der Waals surface area contributed by atoms with E-state index in [1.807, 2.05) is 6.92 Å². The molecule has 0 spiro atoms. The molecule has 0 radical (unpaired) electrons. The Hall–Kier alpha value is -0.660. The van der Waals surface area contributed by atoms with Crippen molar-refractivity contribution in [3.05, 3.63) is 0 Å². The maximum atomic E-state index is 4.11. The van der Waals surface area contributed by atoms with Gasteiger partial charge in [-0.25, -0.2) is 4.58 Å². The van der Waals surface area contributed by atoms with Crippen LogP contribution in [0, 0.1) is 0 Å². The first-order valence-corrected chi connectivity index (χ1v) is 4.68. The lowest BCUT2D eigenvalue weighted by Gasteiger charge is -2.32. The molecule has 3 nitrogen and oxygen atoms in total. The molecule has 1 atom stereocenters. The Morgan fingerprint density at radius 2 is 2.33 bits per heavy atom. The average Bonchev–Trinajstić information content (AvgIpc) is 2.03. The van der Waals surface area contributed by atoms with Gasteiger partial charge in [0.2, 0.25) is 0 Å². The molecule has 0 saturated carbocycles. The van der Waals surface area contributed by atoms with Crippen molar-refractivity contribution in [3.63, 3.8) is 0 Å². The second kappa shape index (κ2) is 4.39. The zero-order chi connectivity index (χ0) is 8.97. The van der Waals surface area contributed by atoms with E-state index >= 15 is 0 Å². The summed E-state index contributed by atoms with van der Waals surface area (Å²) in [5.41, 5.74) is 0. The Labute approximate surface area is 74.4 Å². The van der Waals surface area contributed by atoms with E-state index < -0.39 is 0 Å². The van der Waals surface area contributed by atoms with E-state index in [1.54, 1.807) is 0 Å². The normalized spacial score (nSPS) is 22.0. The van der Waals surface area contributed by atoms with Gasteiger partial charge in [-0.15, -0.1) is 0 Å². The van der Waals surface area contributed by atoms with E-state index in [9.17, 15) is 0 Å². The van der Waals surface area contributed by atoms with Crippen LogP contribution >= 0.6 is 0 Å². The summed E-state index contributed by atoms with van der Waals surface area (Å²) in [5.74, 6) is 0. The summed E-state index contributed by atoms with van der Waals surface area (Å²) < 4.78 is 2.17. The fourth-order valence-corrected chi connectivity index (χ4v) is 1.32. The molecule has 1 fully saturated rings. The molecule has 1 rings (SSSR count). The van der Waals surface area contributed by atoms with Crippen LogP contribution in [0.2, 0.25) is 0 Å². The molecule has 1 aliphatic rings. The largest absolute Gasteiger partial charge is 0.307 e. The lowest BCUT2D eigenvalue weighted by atomic mass is 10.2. The van der Waals surface area contributed by atoms with Gasteiger partial charge in [0.15, 0.2) is 6.17 Å². The summed E-state index contributed by atoms with van der Waals surface area (Å²) in [5, 5.41) is 0. The first-order chi connectivity index (χ1) is 5.79. The Bertz CT molecular complexity index is 204. The summed E-state index contributed by atoms with van der Waals surface area (Å²) in [6.07, 6.45) is 1.79. The third-order valence-electron chi connectivity index (χ3n) is 2.35. The van der Waals surface area contributed by atoms with Crippen LogP contribution in [0.25, 0.3) is 0 Å². The highest BCUT2D eigenvalue weighted by molar-refractivity contribution is 5.34. The molecular formula is C9H18N3+. The van der Waals surface area contributed by atoms with Crippen LogP contribution in [0.4, 0.5) is 0 Å². The third-order valence-corrected chi connectivity index (χ3v) is 2.35. The fraction of sp³-hybridized carbons (Fsp3) is 0.889.